The Morgan fingerprint density at radius 2 is 1.78 bits per heavy atom. The molecule has 2 heterocycles. The number of furan rings is 1. The number of aromatic hydroxyl groups is 2. The molecule has 1 aromatic rings. The van der Waals surface area contributed by atoms with Gasteiger partial charge in [-0.1, -0.05) is 51.2 Å². The number of esters is 1. The molecule has 0 saturated carbocycles. The molecule has 204 valence electrons. The van der Waals surface area contributed by atoms with E-state index in [0.29, 0.717) is 6.42 Å². The highest BCUT2D eigenvalue weighted by atomic mass is 16.7. The van der Waals surface area contributed by atoms with E-state index in [1.54, 1.807) is 13.8 Å². The molecule has 2 rings (SSSR count). The molecule has 1 saturated heterocycles. The van der Waals surface area contributed by atoms with Crippen LogP contribution in [0, 0.1) is 5.92 Å². The van der Waals surface area contributed by atoms with Crippen molar-refractivity contribution >= 4 is 11.8 Å². The van der Waals surface area contributed by atoms with Crippen LogP contribution in [0.25, 0.3) is 0 Å². The van der Waals surface area contributed by atoms with Crippen LogP contribution in [0.4, 0.5) is 0 Å². The third-order valence-corrected chi connectivity index (χ3v) is 6.19. The van der Waals surface area contributed by atoms with Gasteiger partial charge >= 0.3 is 11.9 Å². The number of hydrogen-bond donors (Lipinski definition) is 3. The summed E-state index contributed by atoms with van der Waals surface area (Å²) in [6.07, 6.45) is 12.0. The number of hydrogen-bond acceptors (Lipinski definition) is 9. The van der Waals surface area contributed by atoms with Gasteiger partial charge in [0.15, 0.2) is 11.6 Å². The number of unbranched alkanes of at least 4 members (excludes halogenated alkanes) is 7. The molecule has 3 N–H and O–H groups in total. The molecule has 0 aliphatic carbocycles. The van der Waals surface area contributed by atoms with E-state index in [-0.39, 0.29) is 31.0 Å². The van der Waals surface area contributed by atoms with E-state index in [1.165, 1.54) is 38.5 Å². The molecule has 0 aromatic carbocycles. The Morgan fingerprint density at radius 1 is 1.11 bits per heavy atom. The van der Waals surface area contributed by atoms with Gasteiger partial charge in [-0.15, -0.1) is 0 Å². The van der Waals surface area contributed by atoms with E-state index in [2.05, 4.69) is 23.5 Å². The zero-order valence-electron chi connectivity index (χ0n) is 21.7. The highest BCUT2D eigenvalue weighted by molar-refractivity contribution is 5.84. The maximum absolute atomic E-state index is 12.9. The Morgan fingerprint density at radius 3 is 2.39 bits per heavy atom. The van der Waals surface area contributed by atoms with Crippen LogP contribution >= 0.6 is 0 Å². The first-order chi connectivity index (χ1) is 17.1. The van der Waals surface area contributed by atoms with Gasteiger partial charge in [-0.25, -0.2) is 0 Å². The first kappa shape index (κ1) is 29.9. The van der Waals surface area contributed by atoms with Crippen molar-refractivity contribution in [2.24, 2.45) is 5.92 Å². The van der Waals surface area contributed by atoms with E-state index in [9.17, 15) is 24.9 Å². The molecule has 9 heteroatoms. The molecular weight excluding hydrogens is 468 g/mol. The zero-order valence-corrected chi connectivity index (χ0v) is 21.7. The maximum Gasteiger partial charge on any atom is 0.330 e. The standard InChI is InChI=1S/C27H42O9/c1-4-5-6-7-8-9-10-11-12-13-14-15-20(28)21(29)16-19(23-18-33-27(2,3)36-23)25(31)34-22-17-24(30)35-26(22)32/h11-12,17,19,21,23,29-30,32H,4-10,13-16,18H2,1-3H3/b12-11-. The fraction of sp³-hybridized carbons (Fsp3) is 0.704. The molecule has 0 spiro atoms. The third kappa shape index (κ3) is 10.3. The van der Waals surface area contributed by atoms with Crippen LogP contribution in [0.3, 0.4) is 0 Å². The van der Waals surface area contributed by atoms with Gasteiger partial charge in [0, 0.05) is 6.42 Å². The number of allylic oxidation sites excluding steroid dienone is 2. The van der Waals surface area contributed by atoms with Gasteiger partial charge in [0.2, 0.25) is 5.75 Å². The van der Waals surface area contributed by atoms with Crippen LogP contribution in [0.1, 0.15) is 91.4 Å². The number of rotatable bonds is 17. The third-order valence-electron chi connectivity index (χ3n) is 6.19. The molecule has 3 unspecified atom stereocenters. The Kier molecular flexibility index (Phi) is 12.5. The lowest BCUT2D eigenvalue weighted by Gasteiger charge is -2.24. The van der Waals surface area contributed by atoms with Gasteiger partial charge in [-0.05, 0) is 46.0 Å². The van der Waals surface area contributed by atoms with Crippen molar-refractivity contribution < 1.29 is 43.5 Å². The largest absolute Gasteiger partial charge is 0.481 e. The minimum Gasteiger partial charge on any atom is -0.481 e. The summed E-state index contributed by atoms with van der Waals surface area (Å²) < 4.78 is 21.0. The summed E-state index contributed by atoms with van der Waals surface area (Å²) >= 11 is 0. The zero-order chi connectivity index (χ0) is 26.6. The molecule has 0 amide bonds. The first-order valence-corrected chi connectivity index (χ1v) is 13.0. The summed E-state index contributed by atoms with van der Waals surface area (Å²) in [4.78, 5) is 25.4. The van der Waals surface area contributed by atoms with Gasteiger partial charge in [0.25, 0.3) is 5.95 Å². The van der Waals surface area contributed by atoms with E-state index >= 15 is 0 Å². The van der Waals surface area contributed by atoms with Crippen LogP contribution in [-0.4, -0.2) is 51.7 Å². The van der Waals surface area contributed by atoms with Crippen LogP contribution in [-0.2, 0) is 19.1 Å². The average molecular weight is 511 g/mol. The highest BCUT2D eigenvalue weighted by Crippen LogP contribution is 2.36. The summed E-state index contributed by atoms with van der Waals surface area (Å²) in [5, 5.41) is 29.5. The summed E-state index contributed by atoms with van der Waals surface area (Å²) in [7, 11) is 0. The normalized spacial score (nSPS) is 18.9. The second-order valence-electron chi connectivity index (χ2n) is 9.79. The number of carbonyl (C=O) groups is 2. The number of carbonyl (C=O) groups excluding carboxylic acids is 2. The lowest BCUT2D eigenvalue weighted by atomic mass is 9.92. The number of Topliss-reactive ketones (excluding diaryl/α,β-unsaturated/α-hetero) is 1. The quantitative estimate of drug-likeness (QED) is 0.147. The van der Waals surface area contributed by atoms with Gasteiger partial charge in [-0.3, -0.25) is 9.59 Å². The summed E-state index contributed by atoms with van der Waals surface area (Å²) in [5.74, 6) is -4.93. The predicted molar refractivity (Wildman–Crippen MR) is 133 cm³/mol. The Hall–Kier alpha value is -2.36. The second-order valence-corrected chi connectivity index (χ2v) is 9.79. The molecular formula is C27H42O9. The van der Waals surface area contributed by atoms with Crippen molar-refractivity contribution in [3.8, 4) is 17.6 Å². The van der Waals surface area contributed by atoms with E-state index < -0.39 is 41.8 Å². The number of ketones is 1. The SMILES string of the molecule is CCCCCCCC/C=C\CCCC(=O)C(O)CC(C(=O)Oc1cc(O)oc1O)C1COC(C)(C)O1. The molecule has 9 nitrogen and oxygen atoms in total. The molecule has 1 aliphatic heterocycles. The van der Waals surface area contributed by atoms with Gasteiger partial charge < -0.3 is 33.9 Å². The molecule has 1 aromatic heterocycles. The van der Waals surface area contributed by atoms with Gasteiger partial charge in [-0.2, -0.15) is 0 Å². The summed E-state index contributed by atoms with van der Waals surface area (Å²) in [6, 6.07) is 0.946. The fourth-order valence-corrected chi connectivity index (χ4v) is 4.13. The molecule has 36 heavy (non-hydrogen) atoms. The lowest BCUT2D eigenvalue weighted by Crippen LogP contribution is -2.38. The molecule has 3 atom stereocenters. The molecule has 1 aliphatic rings. The Bertz CT molecular complexity index is 842. The van der Waals surface area contributed by atoms with Crippen LogP contribution in [0.15, 0.2) is 22.6 Å². The van der Waals surface area contributed by atoms with Crippen LogP contribution < -0.4 is 4.74 Å². The highest BCUT2D eigenvalue weighted by Gasteiger charge is 2.43. The summed E-state index contributed by atoms with van der Waals surface area (Å²) in [6.45, 7) is 5.66. The van der Waals surface area contributed by atoms with Crippen molar-refractivity contribution in [3.05, 3.63) is 18.2 Å². The van der Waals surface area contributed by atoms with Crippen LogP contribution in [0.2, 0.25) is 0 Å². The molecule has 1 fully saturated rings. The fourth-order valence-electron chi connectivity index (χ4n) is 4.13. The minimum atomic E-state index is -1.38. The van der Waals surface area contributed by atoms with Gasteiger partial charge in [0.05, 0.1) is 24.7 Å². The monoisotopic (exact) mass is 510 g/mol. The molecule has 0 radical (unpaired) electrons. The van der Waals surface area contributed by atoms with E-state index in [4.69, 9.17) is 14.2 Å². The van der Waals surface area contributed by atoms with Gasteiger partial charge in [0.1, 0.15) is 6.10 Å². The second kappa shape index (κ2) is 15.0. The summed E-state index contributed by atoms with van der Waals surface area (Å²) in [5.41, 5.74) is 0. The maximum atomic E-state index is 12.9. The van der Waals surface area contributed by atoms with Crippen molar-refractivity contribution in [3.63, 3.8) is 0 Å². The number of aliphatic hydroxyl groups excluding tert-OH is 1. The smallest absolute Gasteiger partial charge is 0.330 e. The lowest BCUT2D eigenvalue weighted by molar-refractivity contribution is -0.160. The predicted octanol–water partition coefficient (Wildman–Crippen LogP) is 5.16. The van der Waals surface area contributed by atoms with Crippen molar-refractivity contribution in [2.75, 3.05) is 6.61 Å². The van der Waals surface area contributed by atoms with E-state index in [0.717, 1.165) is 18.9 Å². The minimum absolute atomic E-state index is 0.0691. The topological polar surface area (TPSA) is 136 Å². The van der Waals surface area contributed by atoms with Crippen molar-refractivity contribution in [1.29, 1.82) is 0 Å². The molecule has 0 bridgehead atoms. The Balaban J connectivity index is 1.81. The number of ether oxygens (including phenoxy) is 3. The first-order valence-electron chi connectivity index (χ1n) is 13.0. The van der Waals surface area contributed by atoms with Crippen LogP contribution in [0.5, 0.6) is 17.6 Å². The van der Waals surface area contributed by atoms with Crippen molar-refractivity contribution in [2.45, 2.75) is 109 Å². The number of aliphatic hydroxyl groups is 1. The van der Waals surface area contributed by atoms with Crippen molar-refractivity contribution in [1.82, 2.24) is 0 Å². The Labute approximate surface area is 213 Å². The average Bonchev–Trinajstić information content (AvgIpc) is 3.34. The van der Waals surface area contributed by atoms with E-state index in [1.807, 2.05) is 0 Å².